The predicted octanol–water partition coefficient (Wildman–Crippen LogP) is 9.14. The van der Waals surface area contributed by atoms with Crippen molar-refractivity contribution in [3.63, 3.8) is 0 Å². The summed E-state index contributed by atoms with van der Waals surface area (Å²) in [5.74, 6) is 0.343. The molecule has 0 amide bonds. The summed E-state index contributed by atoms with van der Waals surface area (Å²) in [5, 5.41) is 12.4. The molecule has 1 fully saturated rings. The highest BCUT2D eigenvalue weighted by molar-refractivity contribution is 5.93. The number of pyridine rings is 1. The summed E-state index contributed by atoms with van der Waals surface area (Å²) in [6.07, 6.45) is 25.5. The van der Waals surface area contributed by atoms with E-state index in [0.717, 1.165) is 55.7 Å². The molecule has 37 heavy (non-hydrogen) atoms. The first-order chi connectivity index (χ1) is 18.2. The van der Waals surface area contributed by atoms with Crippen LogP contribution in [0.5, 0.6) is 5.75 Å². The molecule has 0 aliphatic carbocycles. The Kier molecular flexibility index (Phi) is 14.2. The Morgan fingerprint density at radius 3 is 1.86 bits per heavy atom. The Morgan fingerprint density at radius 2 is 1.27 bits per heavy atom. The Balaban J connectivity index is 1.63. The lowest BCUT2D eigenvalue weighted by Gasteiger charge is -2.30. The van der Waals surface area contributed by atoms with Crippen molar-refractivity contribution in [2.75, 3.05) is 31.2 Å². The molecule has 1 saturated heterocycles. The third-order valence-electron chi connectivity index (χ3n) is 8.04. The number of phenolic OH excluding ortho intramolecular Hbond substituents is 1. The molecule has 0 radical (unpaired) electrons. The van der Waals surface area contributed by atoms with Crippen molar-refractivity contribution in [2.45, 2.75) is 129 Å². The van der Waals surface area contributed by atoms with Crippen LogP contribution in [0, 0.1) is 0 Å². The van der Waals surface area contributed by atoms with Crippen molar-refractivity contribution in [2.24, 2.45) is 0 Å². The van der Waals surface area contributed by atoms with Gasteiger partial charge in [-0.1, -0.05) is 104 Å². The Bertz CT molecular complexity index is 892. The smallest absolute Gasteiger partial charge is 0.165 e. The van der Waals surface area contributed by atoms with E-state index in [0.29, 0.717) is 5.75 Å². The quantitative estimate of drug-likeness (QED) is 0.191. The van der Waals surface area contributed by atoms with E-state index >= 15 is 0 Å². The van der Waals surface area contributed by atoms with E-state index < -0.39 is 0 Å². The van der Waals surface area contributed by atoms with Gasteiger partial charge in [0.15, 0.2) is 5.75 Å². The van der Waals surface area contributed by atoms with Gasteiger partial charge in [-0.05, 0) is 48.9 Å². The Labute approximate surface area is 227 Å². The monoisotopic (exact) mass is 510 g/mol. The van der Waals surface area contributed by atoms with Crippen LogP contribution in [0.25, 0.3) is 10.9 Å². The van der Waals surface area contributed by atoms with Crippen LogP contribution in [0.15, 0.2) is 18.3 Å². The van der Waals surface area contributed by atoms with Crippen molar-refractivity contribution < 1.29 is 9.84 Å². The van der Waals surface area contributed by atoms with Gasteiger partial charge in [0.2, 0.25) is 0 Å². The summed E-state index contributed by atoms with van der Waals surface area (Å²) < 4.78 is 5.56. The van der Waals surface area contributed by atoms with Gasteiger partial charge < -0.3 is 14.7 Å². The van der Waals surface area contributed by atoms with Crippen LogP contribution in [0.1, 0.15) is 128 Å². The number of unbranched alkanes of at least 4 members (excludes halogenated alkanes) is 14. The maximum absolute atomic E-state index is 11.2. The minimum atomic E-state index is 0.343. The van der Waals surface area contributed by atoms with Gasteiger partial charge in [0.25, 0.3) is 0 Å². The minimum absolute atomic E-state index is 0.343. The molecule has 1 aliphatic heterocycles. The number of morpholine rings is 1. The second kappa shape index (κ2) is 17.7. The Hall–Kier alpha value is -1.81. The third kappa shape index (κ3) is 10.1. The predicted molar refractivity (Wildman–Crippen MR) is 159 cm³/mol. The molecule has 2 heterocycles. The highest BCUT2D eigenvalue weighted by atomic mass is 16.5. The van der Waals surface area contributed by atoms with Gasteiger partial charge in [0, 0.05) is 24.7 Å². The average molecular weight is 511 g/mol. The normalized spacial score (nSPS) is 14.1. The molecule has 0 unspecified atom stereocenters. The van der Waals surface area contributed by atoms with Crippen LogP contribution in [-0.4, -0.2) is 36.4 Å². The SMILES string of the molecule is CCCCCCCCCCc1cnc2c(O)c(N3CCOCC3)cc(CCCCCCCCCC)c2c1. The van der Waals surface area contributed by atoms with E-state index in [1.165, 1.54) is 114 Å². The largest absolute Gasteiger partial charge is 0.504 e. The lowest BCUT2D eigenvalue weighted by Crippen LogP contribution is -2.36. The molecule has 1 aromatic carbocycles. The van der Waals surface area contributed by atoms with Gasteiger partial charge in [-0.2, -0.15) is 0 Å². The first kappa shape index (κ1) is 29.7. The molecule has 0 bridgehead atoms. The molecule has 0 saturated carbocycles. The lowest BCUT2D eigenvalue weighted by molar-refractivity contribution is 0.122. The van der Waals surface area contributed by atoms with Gasteiger partial charge >= 0.3 is 0 Å². The van der Waals surface area contributed by atoms with Crippen molar-refractivity contribution in [1.29, 1.82) is 0 Å². The second-order valence-corrected chi connectivity index (χ2v) is 11.2. The van der Waals surface area contributed by atoms with E-state index in [-0.39, 0.29) is 0 Å². The summed E-state index contributed by atoms with van der Waals surface area (Å²) >= 11 is 0. The van der Waals surface area contributed by atoms with Crippen LogP contribution in [0.3, 0.4) is 0 Å². The van der Waals surface area contributed by atoms with E-state index in [4.69, 9.17) is 9.72 Å². The number of aromatic hydroxyl groups is 1. The second-order valence-electron chi connectivity index (χ2n) is 11.2. The van der Waals surface area contributed by atoms with Crippen molar-refractivity contribution in [3.8, 4) is 5.75 Å². The summed E-state index contributed by atoms with van der Waals surface area (Å²) in [6, 6.07) is 4.58. The van der Waals surface area contributed by atoms with E-state index in [9.17, 15) is 5.11 Å². The summed E-state index contributed by atoms with van der Waals surface area (Å²) in [6.45, 7) is 7.65. The van der Waals surface area contributed by atoms with Gasteiger partial charge in [0.1, 0.15) is 5.52 Å². The first-order valence-electron chi connectivity index (χ1n) is 15.7. The van der Waals surface area contributed by atoms with Crippen LogP contribution in [-0.2, 0) is 17.6 Å². The molecule has 2 aromatic rings. The average Bonchev–Trinajstić information content (AvgIpc) is 2.93. The molecule has 4 heteroatoms. The molecular weight excluding hydrogens is 456 g/mol. The maximum atomic E-state index is 11.2. The molecule has 0 spiro atoms. The van der Waals surface area contributed by atoms with Gasteiger partial charge in [-0.15, -0.1) is 0 Å². The number of ether oxygens (including phenoxy) is 1. The number of hydrogen-bond acceptors (Lipinski definition) is 4. The van der Waals surface area contributed by atoms with E-state index in [1.807, 2.05) is 6.20 Å². The summed E-state index contributed by atoms with van der Waals surface area (Å²) in [5.41, 5.74) is 4.38. The number of benzene rings is 1. The number of phenols is 1. The number of rotatable bonds is 19. The zero-order valence-electron chi connectivity index (χ0n) is 24.0. The molecular formula is C33H54N2O2. The molecule has 1 aliphatic rings. The zero-order valence-corrected chi connectivity index (χ0v) is 24.0. The van der Waals surface area contributed by atoms with E-state index in [2.05, 4.69) is 30.9 Å². The van der Waals surface area contributed by atoms with Crippen LogP contribution in [0.4, 0.5) is 5.69 Å². The highest BCUT2D eigenvalue weighted by Gasteiger charge is 2.20. The maximum Gasteiger partial charge on any atom is 0.165 e. The first-order valence-corrected chi connectivity index (χ1v) is 15.7. The van der Waals surface area contributed by atoms with Gasteiger partial charge in [-0.25, -0.2) is 0 Å². The zero-order chi connectivity index (χ0) is 26.1. The molecule has 3 rings (SSSR count). The van der Waals surface area contributed by atoms with Crippen molar-refractivity contribution in [1.82, 2.24) is 4.98 Å². The minimum Gasteiger partial charge on any atom is -0.504 e. The van der Waals surface area contributed by atoms with E-state index in [1.54, 1.807) is 0 Å². The standard InChI is InChI=1S/C33H54N2O2/c1-3-5-7-9-11-13-15-17-19-28-25-30-29(20-18-16-14-12-10-8-6-4-2)26-31(33(36)32(30)34-27-28)35-21-23-37-24-22-35/h25-27,36H,3-24H2,1-2H3. The summed E-state index contributed by atoms with van der Waals surface area (Å²) in [4.78, 5) is 7.09. The van der Waals surface area contributed by atoms with Crippen molar-refractivity contribution in [3.05, 3.63) is 29.5 Å². The molecule has 4 nitrogen and oxygen atoms in total. The highest BCUT2D eigenvalue weighted by Crippen LogP contribution is 2.38. The number of nitrogens with zero attached hydrogens (tertiary/aromatic N) is 2. The van der Waals surface area contributed by atoms with Crippen LogP contribution < -0.4 is 4.90 Å². The number of aromatic nitrogens is 1. The fraction of sp³-hybridized carbons (Fsp3) is 0.727. The van der Waals surface area contributed by atoms with Gasteiger partial charge in [-0.3, -0.25) is 4.98 Å². The molecule has 1 aromatic heterocycles. The molecule has 0 atom stereocenters. The molecule has 1 N–H and O–H groups in total. The fourth-order valence-electron chi connectivity index (χ4n) is 5.68. The topological polar surface area (TPSA) is 45.6 Å². The van der Waals surface area contributed by atoms with Crippen molar-refractivity contribution >= 4 is 16.6 Å². The fourth-order valence-corrected chi connectivity index (χ4v) is 5.68. The van der Waals surface area contributed by atoms with Gasteiger partial charge in [0.05, 0.1) is 18.9 Å². The van der Waals surface area contributed by atoms with Crippen LogP contribution in [0.2, 0.25) is 0 Å². The Morgan fingerprint density at radius 1 is 0.730 bits per heavy atom. The lowest BCUT2D eigenvalue weighted by atomic mass is 9.97. The molecule has 208 valence electrons. The number of anilines is 1. The van der Waals surface area contributed by atoms with Crippen LogP contribution >= 0.6 is 0 Å². The third-order valence-corrected chi connectivity index (χ3v) is 8.04. The summed E-state index contributed by atoms with van der Waals surface area (Å²) in [7, 11) is 0. The number of hydrogen-bond donors (Lipinski definition) is 1. The number of fused-ring (bicyclic) bond motifs is 1. The number of aryl methyl sites for hydroxylation is 2.